The Hall–Kier alpha value is -0.120. The Balaban J connectivity index is 2.41. The van der Waals surface area contributed by atoms with Crippen LogP contribution in [0.15, 0.2) is 0 Å². The number of nitrogens with one attached hydrogen (secondary N) is 3. The molecule has 0 heterocycles. The zero-order valence-corrected chi connectivity index (χ0v) is 8.22. The summed E-state index contributed by atoms with van der Waals surface area (Å²) < 4.78 is 0. The second-order valence-electron chi connectivity index (χ2n) is 3.44. The Kier molecular flexibility index (Phi) is 3.98. The Labute approximate surface area is 75.3 Å². The van der Waals surface area contributed by atoms with Gasteiger partial charge in [-0.1, -0.05) is 0 Å². The molecule has 1 aliphatic carbocycles. The minimum atomic E-state index is 0.550. The van der Waals surface area contributed by atoms with Crippen LogP contribution in [-0.2, 0) is 0 Å². The molecule has 1 aliphatic rings. The molecule has 71 valence electrons. The largest absolute Gasteiger partial charge is 0.317 e. The zero-order valence-electron chi connectivity index (χ0n) is 8.22. The van der Waals surface area contributed by atoms with E-state index in [9.17, 15) is 0 Å². The molecule has 3 nitrogen and oxygen atoms in total. The molecule has 3 N–H and O–H groups in total. The Bertz CT molecular complexity index is 97.2. The fourth-order valence-corrected chi connectivity index (χ4v) is 1.81. The highest BCUT2D eigenvalue weighted by Crippen LogP contribution is 2.17. The van der Waals surface area contributed by atoms with Gasteiger partial charge in [0, 0.05) is 18.1 Å². The molecule has 0 spiro atoms. The maximum atomic E-state index is 3.33. The summed E-state index contributed by atoms with van der Waals surface area (Å²) in [6.07, 6.45) is 4.75. The quantitative estimate of drug-likeness (QED) is 0.546. The second kappa shape index (κ2) is 4.80. The van der Waals surface area contributed by atoms with E-state index in [0.29, 0.717) is 18.1 Å². The Morgan fingerprint density at radius 2 is 1.42 bits per heavy atom. The molecule has 1 saturated carbocycles. The van der Waals surface area contributed by atoms with Crippen molar-refractivity contribution in [1.29, 1.82) is 0 Å². The number of hydrogen-bond donors (Lipinski definition) is 3. The van der Waals surface area contributed by atoms with Gasteiger partial charge in [-0.15, -0.1) is 0 Å². The number of rotatable bonds is 3. The molecule has 12 heavy (non-hydrogen) atoms. The lowest BCUT2D eigenvalue weighted by Gasteiger charge is -2.34. The minimum Gasteiger partial charge on any atom is -0.317 e. The Morgan fingerprint density at radius 3 is 1.75 bits per heavy atom. The van der Waals surface area contributed by atoms with Crippen LogP contribution < -0.4 is 16.0 Å². The molecular weight excluding hydrogens is 150 g/mol. The molecule has 0 aliphatic heterocycles. The van der Waals surface area contributed by atoms with Crippen LogP contribution in [0.5, 0.6) is 0 Å². The standard InChI is InChI=1S/C9H20N3/c1-10-7-4-8(11-2)6-9(5-7)12-3/h4,7-12H,5-6H2,1-3H3. The van der Waals surface area contributed by atoms with Crippen molar-refractivity contribution in [2.75, 3.05) is 21.1 Å². The summed E-state index contributed by atoms with van der Waals surface area (Å²) in [5, 5.41) is 9.93. The average molecular weight is 170 g/mol. The van der Waals surface area contributed by atoms with Gasteiger partial charge in [0.2, 0.25) is 0 Å². The van der Waals surface area contributed by atoms with Crippen LogP contribution in [0.1, 0.15) is 12.8 Å². The van der Waals surface area contributed by atoms with E-state index in [1.807, 2.05) is 21.1 Å². The average Bonchev–Trinajstić information content (AvgIpc) is 2.16. The van der Waals surface area contributed by atoms with Gasteiger partial charge in [0.1, 0.15) is 0 Å². The van der Waals surface area contributed by atoms with E-state index in [1.54, 1.807) is 0 Å². The van der Waals surface area contributed by atoms with E-state index < -0.39 is 0 Å². The molecule has 0 aromatic rings. The first-order valence-corrected chi connectivity index (χ1v) is 4.67. The van der Waals surface area contributed by atoms with Crippen molar-refractivity contribution in [1.82, 2.24) is 16.0 Å². The van der Waals surface area contributed by atoms with Crippen molar-refractivity contribution < 1.29 is 0 Å². The molecule has 1 radical (unpaired) electrons. The van der Waals surface area contributed by atoms with Gasteiger partial charge >= 0.3 is 0 Å². The molecule has 0 aromatic heterocycles. The van der Waals surface area contributed by atoms with E-state index in [1.165, 1.54) is 12.8 Å². The number of hydrogen-bond acceptors (Lipinski definition) is 3. The summed E-state index contributed by atoms with van der Waals surface area (Å²) in [4.78, 5) is 0. The highest BCUT2D eigenvalue weighted by Gasteiger charge is 2.25. The van der Waals surface area contributed by atoms with Gasteiger partial charge in [-0.25, -0.2) is 0 Å². The van der Waals surface area contributed by atoms with Crippen LogP contribution in [0.2, 0.25) is 0 Å². The van der Waals surface area contributed by atoms with Gasteiger partial charge in [-0.05, 0) is 40.4 Å². The van der Waals surface area contributed by atoms with Gasteiger partial charge in [-0.3, -0.25) is 0 Å². The third-order valence-corrected chi connectivity index (χ3v) is 2.69. The first kappa shape index (κ1) is 9.96. The van der Waals surface area contributed by atoms with E-state index in [0.717, 1.165) is 0 Å². The summed E-state index contributed by atoms with van der Waals surface area (Å²) >= 11 is 0. The topological polar surface area (TPSA) is 36.1 Å². The van der Waals surface area contributed by atoms with Gasteiger partial charge in [0.25, 0.3) is 0 Å². The highest BCUT2D eigenvalue weighted by molar-refractivity contribution is 5.00. The summed E-state index contributed by atoms with van der Waals surface area (Å²) in [7, 11) is 6.08. The molecular formula is C9H20N3. The molecule has 2 atom stereocenters. The molecule has 1 rings (SSSR count). The minimum absolute atomic E-state index is 0.550. The Morgan fingerprint density at radius 1 is 0.917 bits per heavy atom. The molecule has 3 heteroatoms. The van der Waals surface area contributed by atoms with Crippen LogP contribution in [-0.4, -0.2) is 39.3 Å². The first-order valence-electron chi connectivity index (χ1n) is 4.67. The van der Waals surface area contributed by atoms with Crippen molar-refractivity contribution in [3.05, 3.63) is 6.42 Å². The maximum Gasteiger partial charge on any atom is 0.0126 e. The second-order valence-corrected chi connectivity index (χ2v) is 3.44. The van der Waals surface area contributed by atoms with Crippen molar-refractivity contribution in [2.45, 2.75) is 31.0 Å². The smallest absolute Gasteiger partial charge is 0.0126 e. The summed E-state index contributed by atoms with van der Waals surface area (Å²) in [5.74, 6) is 0. The van der Waals surface area contributed by atoms with Gasteiger partial charge < -0.3 is 16.0 Å². The third kappa shape index (κ3) is 2.44. The van der Waals surface area contributed by atoms with Crippen LogP contribution in [0.4, 0.5) is 0 Å². The van der Waals surface area contributed by atoms with Crippen molar-refractivity contribution in [3.63, 3.8) is 0 Å². The molecule has 0 aromatic carbocycles. The fraction of sp³-hybridized carbons (Fsp3) is 0.889. The monoisotopic (exact) mass is 170 g/mol. The van der Waals surface area contributed by atoms with E-state index in [4.69, 9.17) is 0 Å². The maximum absolute atomic E-state index is 3.33. The van der Waals surface area contributed by atoms with Crippen molar-refractivity contribution >= 4 is 0 Å². The van der Waals surface area contributed by atoms with Crippen LogP contribution in [0, 0.1) is 6.42 Å². The summed E-state index contributed by atoms with van der Waals surface area (Å²) in [5.41, 5.74) is 0. The molecule has 0 bridgehead atoms. The molecule has 1 fully saturated rings. The van der Waals surface area contributed by atoms with Crippen LogP contribution in [0.25, 0.3) is 0 Å². The normalized spacial score (nSPS) is 36.8. The van der Waals surface area contributed by atoms with Gasteiger partial charge in [0.05, 0.1) is 0 Å². The lowest BCUT2D eigenvalue weighted by atomic mass is 9.87. The van der Waals surface area contributed by atoms with Gasteiger partial charge in [-0.2, -0.15) is 0 Å². The van der Waals surface area contributed by atoms with Crippen molar-refractivity contribution in [2.24, 2.45) is 0 Å². The van der Waals surface area contributed by atoms with E-state index in [2.05, 4.69) is 22.4 Å². The predicted molar refractivity (Wildman–Crippen MR) is 52.1 cm³/mol. The zero-order chi connectivity index (χ0) is 8.97. The van der Waals surface area contributed by atoms with E-state index >= 15 is 0 Å². The summed E-state index contributed by atoms with van der Waals surface area (Å²) in [6.45, 7) is 0. The van der Waals surface area contributed by atoms with Crippen LogP contribution >= 0.6 is 0 Å². The van der Waals surface area contributed by atoms with Crippen molar-refractivity contribution in [3.8, 4) is 0 Å². The third-order valence-electron chi connectivity index (χ3n) is 2.69. The molecule has 0 amide bonds. The SMILES string of the molecule is CNC1[CH]C(NC)CC(NC)C1. The molecule has 2 unspecified atom stereocenters. The highest BCUT2D eigenvalue weighted by atomic mass is 15.0. The van der Waals surface area contributed by atoms with Gasteiger partial charge in [0.15, 0.2) is 0 Å². The summed E-state index contributed by atoms with van der Waals surface area (Å²) in [6, 6.07) is 1.74. The van der Waals surface area contributed by atoms with Crippen LogP contribution in [0.3, 0.4) is 0 Å². The lowest BCUT2D eigenvalue weighted by Crippen LogP contribution is -2.48. The fourth-order valence-electron chi connectivity index (χ4n) is 1.81. The predicted octanol–water partition coefficient (Wildman–Crippen LogP) is -0.252. The first-order chi connectivity index (χ1) is 5.80. The van der Waals surface area contributed by atoms with E-state index in [-0.39, 0.29) is 0 Å². The lowest BCUT2D eigenvalue weighted by molar-refractivity contribution is 0.335. The molecule has 0 saturated heterocycles.